The molecule has 0 unspecified atom stereocenters. The van der Waals surface area contributed by atoms with Gasteiger partial charge in [0, 0.05) is 21.8 Å². The van der Waals surface area contributed by atoms with Crippen LogP contribution in [-0.2, 0) is 9.53 Å². The van der Waals surface area contributed by atoms with Crippen LogP contribution in [-0.4, -0.2) is 24.9 Å². The van der Waals surface area contributed by atoms with Gasteiger partial charge in [0.05, 0.1) is 18.9 Å². The molecular formula is C22H17BrN2O5. The van der Waals surface area contributed by atoms with Crippen molar-refractivity contribution in [3.8, 4) is 0 Å². The molecule has 0 saturated carbocycles. The van der Waals surface area contributed by atoms with Crippen molar-refractivity contribution in [3.63, 3.8) is 0 Å². The summed E-state index contributed by atoms with van der Waals surface area (Å²) in [6.45, 7) is 0. The highest BCUT2D eigenvalue weighted by atomic mass is 79.9. The van der Waals surface area contributed by atoms with Crippen LogP contribution in [0.1, 0.15) is 26.5 Å². The minimum Gasteiger partial charge on any atom is -0.465 e. The predicted molar refractivity (Wildman–Crippen MR) is 115 cm³/mol. The third kappa shape index (κ3) is 5.45. The Bertz CT molecular complexity index is 1070. The number of methoxy groups -OCH3 is 1. The van der Waals surface area contributed by atoms with E-state index in [1.54, 1.807) is 48.5 Å². The molecule has 0 radical (unpaired) electrons. The van der Waals surface area contributed by atoms with E-state index in [1.807, 2.05) is 0 Å². The van der Waals surface area contributed by atoms with Crippen LogP contribution in [0.4, 0.5) is 5.69 Å². The van der Waals surface area contributed by atoms with Gasteiger partial charge in [-0.3, -0.25) is 9.59 Å². The van der Waals surface area contributed by atoms with Crippen molar-refractivity contribution in [3.05, 3.63) is 94.0 Å². The van der Waals surface area contributed by atoms with Crippen molar-refractivity contribution < 1.29 is 23.5 Å². The molecule has 7 nitrogen and oxygen atoms in total. The zero-order chi connectivity index (χ0) is 21.5. The molecule has 0 saturated heterocycles. The van der Waals surface area contributed by atoms with Gasteiger partial charge in [0.15, 0.2) is 0 Å². The highest BCUT2D eigenvalue weighted by Gasteiger charge is 2.16. The molecule has 8 heteroatoms. The number of hydrogen-bond donors (Lipinski definition) is 2. The van der Waals surface area contributed by atoms with Gasteiger partial charge in [-0.25, -0.2) is 4.79 Å². The molecule has 0 aliphatic heterocycles. The Morgan fingerprint density at radius 1 is 0.967 bits per heavy atom. The van der Waals surface area contributed by atoms with Gasteiger partial charge in [-0.2, -0.15) is 0 Å². The molecule has 0 aliphatic rings. The number of halogens is 1. The predicted octanol–water partition coefficient (Wildman–Crippen LogP) is 4.24. The number of anilines is 1. The average molecular weight is 469 g/mol. The van der Waals surface area contributed by atoms with Crippen LogP contribution >= 0.6 is 15.9 Å². The van der Waals surface area contributed by atoms with E-state index in [-0.39, 0.29) is 5.70 Å². The Kier molecular flexibility index (Phi) is 6.82. The van der Waals surface area contributed by atoms with E-state index < -0.39 is 17.8 Å². The van der Waals surface area contributed by atoms with Crippen LogP contribution in [0.25, 0.3) is 6.08 Å². The molecule has 0 aliphatic carbocycles. The van der Waals surface area contributed by atoms with Crippen LogP contribution in [0.15, 0.2) is 81.5 Å². The largest absolute Gasteiger partial charge is 0.465 e. The number of furan rings is 1. The van der Waals surface area contributed by atoms with Crippen molar-refractivity contribution in [2.75, 3.05) is 12.4 Å². The van der Waals surface area contributed by atoms with Crippen LogP contribution in [0.5, 0.6) is 0 Å². The standard InChI is InChI=1S/C22H17BrN2O5/c1-29-22(28)15-6-10-17(11-7-15)24-21(27)19(13-18-3-2-12-30-18)25-20(26)14-4-8-16(23)9-5-14/h2-13H,1H3,(H,24,27)(H,25,26). The highest BCUT2D eigenvalue weighted by molar-refractivity contribution is 9.10. The van der Waals surface area contributed by atoms with E-state index >= 15 is 0 Å². The molecule has 0 bridgehead atoms. The smallest absolute Gasteiger partial charge is 0.337 e. The summed E-state index contributed by atoms with van der Waals surface area (Å²) >= 11 is 3.32. The lowest BCUT2D eigenvalue weighted by atomic mass is 10.2. The molecule has 2 aromatic carbocycles. The topological polar surface area (TPSA) is 97.6 Å². The van der Waals surface area contributed by atoms with Crippen molar-refractivity contribution in [2.45, 2.75) is 0 Å². The summed E-state index contributed by atoms with van der Waals surface area (Å²) in [6.07, 6.45) is 2.89. The number of nitrogens with one attached hydrogen (secondary N) is 2. The summed E-state index contributed by atoms with van der Waals surface area (Å²) in [7, 11) is 1.29. The minimum absolute atomic E-state index is 0.00471. The molecule has 0 spiro atoms. The summed E-state index contributed by atoms with van der Waals surface area (Å²) in [5, 5.41) is 5.29. The fourth-order valence-electron chi connectivity index (χ4n) is 2.48. The summed E-state index contributed by atoms with van der Waals surface area (Å²) in [4.78, 5) is 36.9. The fourth-order valence-corrected chi connectivity index (χ4v) is 2.74. The van der Waals surface area contributed by atoms with Crippen molar-refractivity contribution >= 4 is 45.5 Å². The Balaban J connectivity index is 1.79. The van der Waals surface area contributed by atoms with Crippen LogP contribution in [0.2, 0.25) is 0 Å². The van der Waals surface area contributed by atoms with Gasteiger partial charge < -0.3 is 19.8 Å². The molecule has 2 N–H and O–H groups in total. The normalized spacial score (nSPS) is 10.9. The van der Waals surface area contributed by atoms with E-state index in [9.17, 15) is 14.4 Å². The zero-order valence-corrected chi connectivity index (χ0v) is 17.4. The van der Waals surface area contributed by atoms with E-state index in [4.69, 9.17) is 4.42 Å². The Morgan fingerprint density at radius 2 is 1.63 bits per heavy atom. The maximum Gasteiger partial charge on any atom is 0.337 e. The Labute approximate surface area is 180 Å². The van der Waals surface area contributed by atoms with E-state index in [2.05, 4.69) is 31.3 Å². The number of hydrogen-bond acceptors (Lipinski definition) is 5. The molecule has 0 atom stereocenters. The molecule has 2 amide bonds. The van der Waals surface area contributed by atoms with Gasteiger partial charge in [0.25, 0.3) is 11.8 Å². The maximum absolute atomic E-state index is 12.8. The van der Waals surface area contributed by atoms with Gasteiger partial charge >= 0.3 is 5.97 Å². The first-order valence-corrected chi connectivity index (χ1v) is 9.57. The molecule has 3 aromatic rings. The summed E-state index contributed by atoms with van der Waals surface area (Å²) in [6, 6.07) is 16.2. The monoisotopic (exact) mass is 468 g/mol. The average Bonchev–Trinajstić information content (AvgIpc) is 3.27. The van der Waals surface area contributed by atoms with Crippen molar-refractivity contribution in [1.82, 2.24) is 5.32 Å². The lowest BCUT2D eigenvalue weighted by Crippen LogP contribution is -2.30. The molecule has 3 rings (SSSR count). The number of carbonyl (C=O) groups is 3. The molecule has 152 valence electrons. The minimum atomic E-state index is -0.553. The molecule has 0 fully saturated rings. The van der Waals surface area contributed by atoms with Gasteiger partial charge in [-0.1, -0.05) is 15.9 Å². The third-order valence-electron chi connectivity index (χ3n) is 3.99. The van der Waals surface area contributed by atoms with Gasteiger partial charge in [0.2, 0.25) is 0 Å². The lowest BCUT2D eigenvalue weighted by molar-refractivity contribution is -0.113. The van der Waals surface area contributed by atoms with Crippen LogP contribution in [0.3, 0.4) is 0 Å². The van der Waals surface area contributed by atoms with Gasteiger partial charge in [-0.15, -0.1) is 0 Å². The van der Waals surface area contributed by atoms with E-state index in [0.717, 1.165) is 4.47 Å². The lowest BCUT2D eigenvalue weighted by Gasteiger charge is -2.11. The molecule has 1 heterocycles. The van der Waals surface area contributed by atoms with Gasteiger partial charge in [-0.05, 0) is 60.7 Å². The van der Waals surface area contributed by atoms with Crippen molar-refractivity contribution in [2.24, 2.45) is 0 Å². The second-order valence-electron chi connectivity index (χ2n) is 6.06. The number of carbonyl (C=O) groups excluding carboxylic acids is 3. The SMILES string of the molecule is COC(=O)c1ccc(NC(=O)C(=Cc2ccco2)NC(=O)c2ccc(Br)cc2)cc1. The van der Waals surface area contributed by atoms with Crippen LogP contribution in [0, 0.1) is 0 Å². The zero-order valence-electron chi connectivity index (χ0n) is 15.8. The first-order valence-electron chi connectivity index (χ1n) is 8.78. The second kappa shape index (κ2) is 9.71. The Hall–Kier alpha value is -3.65. The quantitative estimate of drug-likeness (QED) is 0.416. The van der Waals surface area contributed by atoms with E-state index in [1.165, 1.54) is 31.6 Å². The number of ether oxygens (including phenoxy) is 1. The summed E-state index contributed by atoms with van der Waals surface area (Å²) in [5.41, 5.74) is 1.18. The first kappa shape index (κ1) is 21.1. The number of benzene rings is 2. The van der Waals surface area contributed by atoms with Crippen molar-refractivity contribution in [1.29, 1.82) is 0 Å². The maximum atomic E-state index is 12.8. The molecule has 1 aromatic heterocycles. The highest BCUT2D eigenvalue weighted by Crippen LogP contribution is 2.14. The molecular weight excluding hydrogens is 452 g/mol. The number of esters is 1. The third-order valence-corrected chi connectivity index (χ3v) is 4.52. The number of rotatable bonds is 6. The first-order chi connectivity index (χ1) is 14.5. The summed E-state index contributed by atoms with van der Waals surface area (Å²) in [5.74, 6) is -1.08. The van der Waals surface area contributed by atoms with E-state index in [0.29, 0.717) is 22.6 Å². The Morgan fingerprint density at radius 3 is 2.23 bits per heavy atom. The second-order valence-corrected chi connectivity index (χ2v) is 6.97. The number of amides is 2. The van der Waals surface area contributed by atoms with Gasteiger partial charge in [0.1, 0.15) is 11.5 Å². The summed E-state index contributed by atoms with van der Waals surface area (Å²) < 4.78 is 10.7. The van der Waals surface area contributed by atoms with Crippen LogP contribution < -0.4 is 10.6 Å². The molecule has 30 heavy (non-hydrogen) atoms. The fraction of sp³-hybridized carbons (Fsp3) is 0.0455.